The first-order valence-electron chi connectivity index (χ1n) is 36.6. The number of rotatable bonds is 27. The third kappa shape index (κ3) is 26.3. The van der Waals surface area contributed by atoms with Crippen molar-refractivity contribution in [3.8, 4) is 39.1 Å². The number of benzene rings is 12. The molecule has 117 heavy (non-hydrogen) atoms. The summed E-state index contributed by atoms with van der Waals surface area (Å²) >= 11 is 0. The van der Waals surface area contributed by atoms with Crippen molar-refractivity contribution in [2.75, 3.05) is 32.4 Å². The van der Waals surface area contributed by atoms with E-state index in [2.05, 4.69) is 41.9 Å². The summed E-state index contributed by atoms with van der Waals surface area (Å²) in [7, 11) is 2.31. The molecule has 7 N–H and O–H groups in total. The van der Waals surface area contributed by atoms with Crippen LogP contribution in [0.25, 0.3) is 44.4 Å². The van der Waals surface area contributed by atoms with Crippen LogP contribution in [0.4, 0.5) is 15.3 Å². The van der Waals surface area contributed by atoms with Gasteiger partial charge in [0.05, 0.1) is 36.0 Å². The maximum Gasteiger partial charge on any atom is 0.407 e. The normalized spacial score (nSPS) is 10.4. The second-order valence-electron chi connectivity index (χ2n) is 26.5. The van der Waals surface area contributed by atoms with Gasteiger partial charge in [0.1, 0.15) is 24.8 Å². The van der Waals surface area contributed by atoms with E-state index in [4.69, 9.17) is 14.2 Å². The molecule has 6 amide bonds. The number of anilines is 1. The molecule has 0 fully saturated rings. The van der Waals surface area contributed by atoms with Gasteiger partial charge in [0.15, 0.2) is 9.84 Å². The molecule has 0 spiro atoms. The van der Waals surface area contributed by atoms with Crippen molar-refractivity contribution in [2.24, 2.45) is 0 Å². The molecule has 0 unspecified atom stereocenters. The Balaban J connectivity index is 0.000000238. The number of carbonyl (C=O) groups excluding carboxylic acids is 6. The van der Waals surface area contributed by atoms with E-state index in [1.165, 1.54) is 12.1 Å². The zero-order chi connectivity index (χ0) is 79.3. The average molecular weight is 1590 g/mol. The van der Waals surface area contributed by atoms with E-state index in [1.54, 1.807) is 37.4 Å². The summed E-state index contributed by atoms with van der Waals surface area (Å²) in [6.45, 7) is 2.21. The Morgan fingerprint density at radius 2 is 0.726 bits per heavy atom. The fourth-order valence-electron chi connectivity index (χ4n) is 12.3. The maximum atomic E-state index is 13.2. The zero-order valence-corrected chi connectivity index (χ0v) is 63.8. The summed E-state index contributed by atoms with van der Waals surface area (Å²) in [5, 5.41) is 17.5. The van der Waals surface area contributed by atoms with Crippen LogP contribution < -0.4 is 41.5 Å². The number of aromatic nitrogens is 2. The van der Waals surface area contributed by atoms with Gasteiger partial charge in [0.25, 0.3) is 17.7 Å². The molecule has 604 valence electrons. The number of para-hydroxylation sites is 2. The van der Waals surface area contributed by atoms with Gasteiger partial charge in [0.2, 0.25) is 5.91 Å². The number of fused-ring (bicyclic) bond motifs is 1. The van der Waals surface area contributed by atoms with Gasteiger partial charge >= 0.3 is 12.2 Å². The van der Waals surface area contributed by atoms with Crippen molar-refractivity contribution in [3.63, 3.8) is 0 Å². The average Bonchev–Trinajstić information content (AvgIpc) is 1.16. The Morgan fingerprint density at radius 1 is 0.368 bits per heavy atom. The quantitative estimate of drug-likeness (QED) is 0.0253. The molecule has 0 aliphatic heterocycles. The molecule has 21 heteroatoms. The first kappa shape index (κ1) is 90.3. The molecule has 0 saturated heterocycles. The highest BCUT2D eigenvalue weighted by molar-refractivity contribution is 7.90. The minimum Gasteiger partial charge on any atom is -0.497 e. The highest BCUT2D eigenvalue weighted by atomic mass is 32.2. The molecule has 13 aromatic rings. The third-order valence-electron chi connectivity index (χ3n) is 18.3. The molecule has 20 nitrogen and oxygen atoms in total. The van der Waals surface area contributed by atoms with E-state index < -0.39 is 22.0 Å². The van der Waals surface area contributed by atoms with Crippen LogP contribution in [0, 0.1) is 0 Å². The van der Waals surface area contributed by atoms with Crippen LogP contribution in [-0.4, -0.2) is 81.7 Å². The summed E-state index contributed by atoms with van der Waals surface area (Å²) in [5.41, 5.74) is 16.6. The van der Waals surface area contributed by atoms with E-state index in [0.717, 1.165) is 107 Å². The lowest BCUT2D eigenvalue weighted by molar-refractivity contribution is -0.120. The predicted molar refractivity (Wildman–Crippen MR) is 468 cm³/mol. The van der Waals surface area contributed by atoms with Crippen LogP contribution in [0.3, 0.4) is 0 Å². The Morgan fingerprint density at radius 3 is 1.14 bits per heavy atom. The molecule has 0 radical (unpaired) electrons. The van der Waals surface area contributed by atoms with Crippen LogP contribution in [0.15, 0.2) is 308 Å². The van der Waals surface area contributed by atoms with Crippen LogP contribution in [-0.2, 0) is 83.0 Å². The second kappa shape index (κ2) is 45.1. The minimum atomic E-state index is -3.28. The van der Waals surface area contributed by atoms with Gasteiger partial charge in [0, 0.05) is 75.5 Å². The molecule has 1 heterocycles. The minimum absolute atomic E-state index is 0. The van der Waals surface area contributed by atoms with Gasteiger partial charge < -0.3 is 56.0 Å². The molecular formula is C96H103N9O11S. The van der Waals surface area contributed by atoms with E-state index in [1.807, 2.05) is 280 Å². The summed E-state index contributed by atoms with van der Waals surface area (Å²) < 4.78 is 39.2. The smallest absolute Gasteiger partial charge is 0.407 e. The Labute approximate surface area is 687 Å². The molecule has 0 aliphatic carbocycles. The van der Waals surface area contributed by atoms with E-state index in [0.29, 0.717) is 35.6 Å². The number of carbonyl (C=O) groups is 6. The van der Waals surface area contributed by atoms with Gasteiger partial charge in [-0.05, 0) is 145 Å². The van der Waals surface area contributed by atoms with Crippen LogP contribution in [0.1, 0.15) is 111 Å². The van der Waals surface area contributed by atoms with Crippen molar-refractivity contribution in [3.05, 3.63) is 370 Å². The third-order valence-corrected chi connectivity index (χ3v) is 19.4. The Kier molecular flexibility index (Phi) is 34.8. The molecular weight excluding hydrogens is 1490 g/mol. The molecule has 0 atom stereocenters. The number of hydrogen-bond donors (Lipinski definition) is 7. The topological polar surface area (TPSA) is 268 Å². The number of ether oxygens (including phenoxy) is 3. The van der Waals surface area contributed by atoms with Gasteiger partial charge in [-0.15, -0.1) is 0 Å². The monoisotopic (exact) mass is 1590 g/mol. The molecule has 1 aromatic heterocycles. The number of methoxy groups -OCH3 is 1. The van der Waals surface area contributed by atoms with E-state index >= 15 is 0 Å². The lowest BCUT2D eigenvalue weighted by Crippen LogP contribution is -2.25. The number of nitrogens with one attached hydrogen (secondary N) is 7. The Bertz CT molecular complexity index is 5480. The summed E-state index contributed by atoms with van der Waals surface area (Å²) in [4.78, 5) is 86.8. The number of nitrogens with zero attached hydrogens (tertiary/aromatic N) is 2. The summed E-state index contributed by atoms with van der Waals surface area (Å²) in [6.07, 6.45) is 0.404. The van der Waals surface area contributed by atoms with Gasteiger partial charge in [-0.1, -0.05) is 266 Å². The first-order valence-corrected chi connectivity index (χ1v) is 38.5. The number of imidazole rings is 1. The summed E-state index contributed by atoms with van der Waals surface area (Å²) in [5.74, 6) is 0.698. The van der Waals surface area contributed by atoms with Crippen molar-refractivity contribution < 1.29 is 51.4 Å². The van der Waals surface area contributed by atoms with Gasteiger partial charge in [-0.25, -0.2) is 23.0 Å². The number of H-pyrrole nitrogens is 1. The number of aromatic amines is 1. The molecule has 13 rings (SSSR count). The number of amides is 6. The van der Waals surface area contributed by atoms with Crippen molar-refractivity contribution in [1.82, 2.24) is 41.9 Å². The number of sulfone groups is 1. The second-order valence-corrected chi connectivity index (χ2v) is 28.5. The molecule has 12 aromatic carbocycles. The maximum absolute atomic E-state index is 13.2. The van der Waals surface area contributed by atoms with Crippen molar-refractivity contribution >= 4 is 62.4 Å². The van der Waals surface area contributed by atoms with E-state index in [9.17, 15) is 37.2 Å². The number of alkyl carbamates (subject to hydrolysis) is 2. The fourth-order valence-corrected chi connectivity index (χ4v) is 12.9. The van der Waals surface area contributed by atoms with Gasteiger partial charge in [-0.3, -0.25) is 19.2 Å². The zero-order valence-electron chi connectivity index (χ0n) is 63.0. The van der Waals surface area contributed by atoms with Crippen molar-refractivity contribution in [2.45, 2.75) is 93.5 Å². The molecule has 0 bridgehead atoms. The first-order chi connectivity index (χ1) is 54.9. The molecule has 0 aliphatic rings. The van der Waals surface area contributed by atoms with Crippen LogP contribution in [0.5, 0.6) is 5.75 Å². The molecule has 0 saturated carbocycles. The predicted octanol–water partition coefficient (Wildman–Crippen LogP) is 18.5. The SMILES string of the molecule is C.C.C.C.CN(C)c1ccc(CNC(=O)c2ccccc2-c2ccccc2CNC(=O)OCc2ccccc2)cc1.COc1ccc(CC(=O)NCc2ccccc2-c2ccccc2C(=O)NCc2ccc(S(C)(=O)=O)cc2)cc1.O=C(NCc1ccccc1-c1ccccc1C(=O)NCc1nc2ccccc2[nH]1)OCc1ccccc1. The standard InChI is InChI=1S/C31H31N3O3.C31H30N2O5S.C30H26N4O3.4CH4/c1-34(2)26-18-16-23(17-19-26)20-32-30(35)29-15-9-8-14-28(29)27-13-7-6-12-25(27)21-33-31(36)37-22-24-10-4-3-5-11-24;1-38-25-15-11-22(12-16-25)19-30(34)32-21-24-7-3-4-8-27(24)28-9-5-6-10-29(28)31(35)33-20-23-13-17-26(18-14-23)39(2,36)37;35-29(31-19-28-33-26-16-8-9-17-27(26)34-28)25-15-7-6-14-24(25)23-13-5-4-12-22(23)18-32-30(36)37-20-21-10-2-1-3-11-21;;;;/h3-19H,20-22H2,1-2H3,(H,32,35)(H,33,36);3-18H,19-21H2,1-2H3,(H,32,34)(H,33,35);1-17H,18-20H2,(H,31,35)(H,32,36)(H,33,34);4*1H4. The van der Waals surface area contributed by atoms with Crippen LogP contribution in [0.2, 0.25) is 0 Å². The highest BCUT2D eigenvalue weighted by Gasteiger charge is 2.21. The Hall–Kier alpha value is -13.9. The fraction of sp³-hybridized carbons (Fsp3) is 0.177. The van der Waals surface area contributed by atoms with Crippen LogP contribution >= 0.6 is 0 Å². The largest absolute Gasteiger partial charge is 0.497 e. The summed E-state index contributed by atoms with van der Waals surface area (Å²) in [6, 6.07) is 94.0. The lowest BCUT2D eigenvalue weighted by atomic mass is 9.94. The lowest BCUT2D eigenvalue weighted by Gasteiger charge is -2.15. The van der Waals surface area contributed by atoms with Gasteiger partial charge in [-0.2, -0.15) is 0 Å². The van der Waals surface area contributed by atoms with E-state index in [-0.39, 0.29) is 104 Å². The van der Waals surface area contributed by atoms with Crippen molar-refractivity contribution in [1.29, 1.82) is 0 Å². The number of hydrogen-bond acceptors (Lipinski definition) is 13. The highest BCUT2D eigenvalue weighted by Crippen LogP contribution is 2.31.